The second kappa shape index (κ2) is 5.41. The van der Waals surface area contributed by atoms with Crippen LogP contribution in [0.1, 0.15) is 57.7 Å². The first kappa shape index (κ1) is 13.6. The summed E-state index contributed by atoms with van der Waals surface area (Å²) in [7, 11) is 0. The first-order valence-electron chi connectivity index (χ1n) is 6.97. The lowest BCUT2D eigenvalue weighted by Gasteiger charge is -2.37. The Kier molecular flexibility index (Phi) is 4.08. The Balaban J connectivity index is 2.11. The highest BCUT2D eigenvalue weighted by Crippen LogP contribution is 2.41. The van der Waals surface area contributed by atoms with E-state index in [2.05, 4.69) is 57.4 Å². The summed E-state index contributed by atoms with van der Waals surface area (Å²) in [5.41, 5.74) is 6.39. The summed E-state index contributed by atoms with van der Waals surface area (Å²) in [6.07, 6.45) is 2.34. The van der Waals surface area contributed by atoms with Crippen molar-refractivity contribution in [1.29, 1.82) is 0 Å². The minimum atomic E-state index is 0.285. The lowest BCUT2D eigenvalue weighted by molar-refractivity contribution is -0.00538. The first-order chi connectivity index (χ1) is 8.50. The van der Waals surface area contributed by atoms with Crippen LogP contribution < -0.4 is 5.48 Å². The zero-order valence-electron chi connectivity index (χ0n) is 12.0. The molecule has 0 fully saturated rings. The maximum Gasteiger partial charge on any atom is 0.0705 e. The molecule has 0 aliphatic heterocycles. The van der Waals surface area contributed by atoms with E-state index in [0.717, 1.165) is 13.0 Å². The predicted molar refractivity (Wildman–Crippen MR) is 75.4 cm³/mol. The molecule has 0 bridgehead atoms. The molecule has 0 aromatic heterocycles. The van der Waals surface area contributed by atoms with Crippen LogP contribution in [-0.4, -0.2) is 6.61 Å². The number of hydrogen-bond donors (Lipinski definition) is 1. The van der Waals surface area contributed by atoms with Crippen molar-refractivity contribution in [3.05, 3.63) is 35.4 Å². The molecular formula is C16H25NO. The molecule has 1 aliphatic carbocycles. The van der Waals surface area contributed by atoms with E-state index in [0.29, 0.717) is 12.0 Å². The minimum Gasteiger partial charge on any atom is -0.301 e. The van der Waals surface area contributed by atoms with Crippen molar-refractivity contribution >= 4 is 0 Å². The van der Waals surface area contributed by atoms with Gasteiger partial charge in [-0.3, -0.25) is 0 Å². The Labute approximate surface area is 111 Å². The lowest BCUT2D eigenvalue weighted by Crippen LogP contribution is -2.33. The zero-order chi connectivity index (χ0) is 13.2. The average Bonchev–Trinajstić information content (AvgIpc) is 2.32. The van der Waals surface area contributed by atoms with Gasteiger partial charge in [-0.2, -0.15) is 5.48 Å². The van der Waals surface area contributed by atoms with E-state index in [1.807, 2.05) is 0 Å². The molecule has 1 atom stereocenters. The van der Waals surface area contributed by atoms with E-state index in [-0.39, 0.29) is 5.41 Å². The fraction of sp³-hybridized carbons (Fsp3) is 0.625. The summed E-state index contributed by atoms with van der Waals surface area (Å²) in [5, 5.41) is 0. The van der Waals surface area contributed by atoms with Crippen LogP contribution in [0.5, 0.6) is 0 Å². The molecule has 0 heterocycles. The predicted octanol–water partition coefficient (Wildman–Crippen LogP) is 3.98. The van der Waals surface area contributed by atoms with Gasteiger partial charge in [0.25, 0.3) is 0 Å². The van der Waals surface area contributed by atoms with Gasteiger partial charge in [0, 0.05) is 0 Å². The van der Waals surface area contributed by atoms with Crippen LogP contribution in [-0.2, 0) is 10.3 Å². The van der Waals surface area contributed by atoms with Gasteiger partial charge >= 0.3 is 0 Å². The summed E-state index contributed by atoms with van der Waals surface area (Å²) in [5.74, 6) is 0.563. The zero-order valence-corrected chi connectivity index (χ0v) is 12.0. The van der Waals surface area contributed by atoms with Gasteiger partial charge in [0.05, 0.1) is 12.6 Å². The summed E-state index contributed by atoms with van der Waals surface area (Å²) in [6.45, 7) is 9.76. The van der Waals surface area contributed by atoms with E-state index in [1.54, 1.807) is 0 Å². The van der Waals surface area contributed by atoms with Gasteiger partial charge in [-0.05, 0) is 35.3 Å². The molecule has 1 aliphatic rings. The van der Waals surface area contributed by atoms with Crippen LogP contribution in [0.2, 0.25) is 0 Å². The highest BCUT2D eigenvalue weighted by molar-refractivity contribution is 5.37. The molecule has 1 N–H and O–H groups in total. The van der Waals surface area contributed by atoms with Crippen molar-refractivity contribution in [3.63, 3.8) is 0 Å². The summed E-state index contributed by atoms with van der Waals surface area (Å²) >= 11 is 0. The van der Waals surface area contributed by atoms with Crippen LogP contribution in [0.3, 0.4) is 0 Å². The number of benzene rings is 1. The molecule has 1 unspecified atom stereocenters. The standard InChI is InChI=1S/C16H25NO/c1-12(2)11-18-17-15-9-10-16(3,4)14-8-6-5-7-13(14)15/h5-8,12,15,17H,9-11H2,1-4H3. The normalized spacial score (nSPS) is 21.9. The van der Waals surface area contributed by atoms with E-state index in [9.17, 15) is 0 Å². The second-order valence-electron chi connectivity index (χ2n) is 6.39. The highest BCUT2D eigenvalue weighted by Gasteiger charge is 2.32. The first-order valence-corrected chi connectivity index (χ1v) is 6.97. The van der Waals surface area contributed by atoms with E-state index < -0.39 is 0 Å². The Hall–Kier alpha value is -0.860. The van der Waals surface area contributed by atoms with E-state index >= 15 is 0 Å². The van der Waals surface area contributed by atoms with Crippen LogP contribution >= 0.6 is 0 Å². The fourth-order valence-corrected chi connectivity index (χ4v) is 2.65. The third kappa shape index (κ3) is 2.93. The molecule has 2 nitrogen and oxygen atoms in total. The SMILES string of the molecule is CC(C)CONC1CCC(C)(C)c2ccccc21. The number of fused-ring (bicyclic) bond motifs is 1. The summed E-state index contributed by atoms with van der Waals surface area (Å²) in [4.78, 5) is 5.61. The molecule has 100 valence electrons. The molecule has 0 amide bonds. The Morgan fingerprint density at radius 1 is 1.33 bits per heavy atom. The largest absolute Gasteiger partial charge is 0.301 e. The average molecular weight is 247 g/mol. The molecule has 2 heteroatoms. The van der Waals surface area contributed by atoms with Gasteiger partial charge < -0.3 is 4.84 Å². The fourth-order valence-electron chi connectivity index (χ4n) is 2.65. The molecule has 0 saturated heterocycles. The highest BCUT2D eigenvalue weighted by atomic mass is 16.6. The molecule has 1 aromatic carbocycles. The van der Waals surface area contributed by atoms with E-state index in [4.69, 9.17) is 4.84 Å². The van der Waals surface area contributed by atoms with Gasteiger partial charge in [-0.25, -0.2) is 0 Å². The van der Waals surface area contributed by atoms with Crippen LogP contribution in [0.15, 0.2) is 24.3 Å². The van der Waals surface area contributed by atoms with E-state index in [1.165, 1.54) is 17.5 Å². The lowest BCUT2D eigenvalue weighted by atomic mass is 9.71. The van der Waals surface area contributed by atoms with Crippen molar-refractivity contribution < 1.29 is 4.84 Å². The van der Waals surface area contributed by atoms with Gasteiger partial charge in [0.2, 0.25) is 0 Å². The number of rotatable bonds is 4. The smallest absolute Gasteiger partial charge is 0.0705 e. The summed E-state index contributed by atoms with van der Waals surface area (Å²) in [6, 6.07) is 9.08. The molecule has 0 saturated carbocycles. The molecule has 18 heavy (non-hydrogen) atoms. The number of nitrogens with one attached hydrogen (secondary N) is 1. The Bertz CT molecular complexity index is 398. The van der Waals surface area contributed by atoms with Gasteiger partial charge in [0.1, 0.15) is 0 Å². The molecular weight excluding hydrogens is 222 g/mol. The summed E-state index contributed by atoms with van der Waals surface area (Å²) < 4.78 is 0. The topological polar surface area (TPSA) is 21.3 Å². The number of hydrogen-bond acceptors (Lipinski definition) is 2. The number of hydroxylamine groups is 1. The molecule has 2 rings (SSSR count). The van der Waals surface area contributed by atoms with Crippen molar-refractivity contribution in [2.45, 2.75) is 52.0 Å². The quantitative estimate of drug-likeness (QED) is 0.813. The maximum absolute atomic E-state index is 5.61. The monoisotopic (exact) mass is 247 g/mol. The molecule has 0 spiro atoms. The van der Waals surface area contributed by atoms with Gasteiger partial charge in [-0.15, -0.1) is 0 Å². The Morgan fingerprint density at radius 2 is 2.06 bits per heavy atom. The Morgan fingerprint density at radius 3 is 2.78 bits per heavy atom. The van der Waals surface area contributed by atoms with Crippen molar-refractivity contribution in [1.82, 2.24) is 5.48 Å². The van der Waals surface area contributed by atoms with Gasteiger partial charge in [-0.1, -0.05) is 52.0 Å². The maximum atomic E-state index is 5.61. The minimum absolute atomic E-state index is 0.285. The van der Waals surface area contributed by atoms with Crippen LogP contribution in [0, 0.1) is 5.92 Å². The van der Waals surface area contributed by atoms with Crippen molar-refractivity contribution in [2.75, 3.05) is 6.61 Å². The second-order valence-corrected chi connectivity index (χ2v) is 6.39. The van der Waals surface area contributed by atoms with Crippen LogP contribution in [0.4, 0.5) is 0 Å². The van der Waals surface area contributed by atoms with Gasteiger partial charge in [0.15, 0.2) is 0 Å². The van der Waals surface area contributed by atoms with Crippen LogP contribution in [0.25, 0.3) is 0 Å². The third-order valence-electron chi connectivity index (χ3n) is 3.77. The molecule has 1 aromatic rings. The molecule has 0 radical (unpaired) electrons. The van der Waals surface area contributed by atoms with Crippen molar-refractivity contribution in [3.8, 4) is 0 Å². The third-order valence-corrected chi connectivity index (χ3v) is 3.77. The van der Waals surface area contributed by atoms with Crippen molar-refractivity contribution in [2.24, 2.45) is 5.92 Å².